The third-order valence-corrected chi connectivity index (χ3v) is 5.37. The summed E-state index contributed by atoms with van der Waals surface area (Å²) in [6.07, 6.45) is 1.39. The summed E-state index contributed by atoms with van der Waals surface area (Å²) in [5, 5.41) is 12.7. The zero-order valence-electron chi connectivity index (χ0n) is 14.2. The van der Waals surface area contributed by atoms with Crippen molar-refractivity contribution in [1.29, 1.82) is 0 Å². The Morgan fingerprint density at radius 3 is 2.70 bits per heavy atom. The number of anilines is 2. The number of hydrogen-bond donors (Lipinski definition) is 1. The van der Waals surface area contributed by atoms with Crippen LogP contribution in [0.4, 0.5) is 10.8 Å². The van der Waals surface area contributed by atoms with Crippen LogP contribution in [0.25, 0.3) is 10.6 Å². The Balaban J connectivity index is 1.50. The average Bonchev–Trinajstić information content (AvgIpc) is 3.31. The highest BCUT2D eigenvalue weighted by Crippen LogP contribution is 2.28. The van der Waals surface area contributed by atoms with Gasteiger partial charge in [0.25, 0.3) is 5.91 Å². The molecule has 6 nitrogen and oxygen atoms in total. The summed E-state index contributed by atoms with van der Waals surface area (Å²) in [5.41, 5.74) is 2.09. The molecule has 4 rings (SSSR count). The van der Waals surface area contributed by atoms with Crippen LogP contribution in [0.15, 0.2) is 48.5 Å². The standard InChI is InChI=1S/C19H15ClN4O2S/c20-14-8-6-12(7-9-14)18-22-23-19(27-18)21-17(26)13-3-1-4-15(11-13)24-10-2-5-16(24)25/h1,3-4,6-9,11H,2,5,10H2,(H,21,23,26). The number of carbonyl (C=O) groups excluding carboxylic acids is 2. The van der Waals surface area contributed by atoms with Crippen LogP contribution in [-0.2, 0) is 4.79 Å². The topological polar surface area (TPSA) is 75.2 Å². The molecule has 1 fully saturated rings. The van der Waals surface area contributed by atoms with Crippen molar-refractivity contribution >= 4 is 45.6 Å². The van der Waals surface area contributed by atoms with E-state index in [2.05, 4.69) is 15.5 Å². The lowest BCUT2D eigenvalue weighted by atomic mass is 10.2. The second kappa shape index (κ2) is 7.46. The molecule has 27 heavy (non-hydrogen) atoms. The molecular weight excluding hydrogens is 384 g/mol. The Bertz CT molecular complexity index is 1000. The summed E-state index contributed by atoms with van der Waals surface area (Å²) in [4.78, 5) is 26.2. The van der Waals surface area contributed by atoms with E-state index in [-0.39, 0.29) is 11.8 Å². The maximum atomic E-state index is 12.6. The maximum Gasteiger partial charge on any atom is 0.257 e. The fraction of sp³-hybridized carbons (Fsp3) is 0.158. The van der Waals surface area contributed by atoms with Gasteiger partial charge in [0.15, 0.2) is 0 Å². The van der Waals surface area contributed by atoms with Gasteiger partial charge in [-0.25, -0.2) is 0 Å². The summed E-state index contributed by atoms with van der Waals surface area (Å²) in [6, 6.07) is 14.3. The minimum Gasteiger partial charge on any atom is -0.312 e. The molecule has 0 radical (unpaired) electrons. The SMILES string of the molecule is O=C(Nc1nnc(-c2ccc(Cl)cc2)s1)c1cccc(N2CCCC2=O)c1. The van der Waals surface area contributed by atoms with Crippen molar-refractivity contribution in [1.82, 2.24) is 10.2 Å². The molecule has 1 aliphatic heterocycles. The third kappa shape index (κ3) is 3.84. The molecule has 136 valence electrons. The molecular formula is C19H15ClN4O2S. The number of nitrogens with zero attached hydrogens (tertiary/aromatic N) is 3. The predicted molar refractivity (Wildman–Crippen MR) is 106 cm³/mol. The quantitative estimate of drug-likeness (QED) is 0.713. The fourth-order valence-electron chi connectivity index (χ4n) is 2.89. The number of carbonyl (C=O) groups is 2. The Morgan fingerprint density at radius 1 is 1.15 bits per heavy atom. The molecule has 2 amide bonds. The van der Waals surface area contributed by atoms with Gasteiger partial charge in [0, 0.05) is 34.8 Å². The maximum absolute atomic E-state index is 12.6. The second-order valence-electron chi connectivity index (χ2n) is 6.07. The van der Waals surface area contributed by atoms with E-state index in [1.165, 1.54) is 11.3 Å². The monoisotopic (exact) mass is 398 g/mol. The number of aromatic nitrogens is 2. The Kier molecular flexibility index (Phi) is 4.87. The van der Waals surface area contributed by atoms with Crippen LogP contribution in [0, 0.1) is 0 Å². The molecule has 0 saturated carbocycles. The van der Waals surface area contributed by atoms with E-state index < -0.39 is 0 Å². The summed E-state index contributed by atoms with van der Waals surface area (Å²) in [7, 11) is 0. The van der Waals surface area contributed by atoms with Gasteiger partial charge in [-0.15, -0.1) is 10.2 Å². The number of rotatable bonds is 4. The minimum absolute atomic E-state index is 0.0873. The molecule has 0 unspecified atom stereocenters. The molecule has 0 aliphatic carbocycles. The van der Waals surface area contributed by atoms with E-state index in [9.17, 15) is 9.59 Å². The average molecular weight is 399 g/mol. The largest absolute Gasteiger partial charge is 0.312 e. The van der Waals surface area contributed by atoms with Gasteiger partial charge in [-0.2, -0.15) is 0 Å². The first-order valence-corrected chi connectivity index (χ1v) is 9.61. The Labute approximate surface area is 164 Å². The first kappa shape index (κ1) is 17.6. The van der Waals surface area contributed by atoms with Crippen LogP contribution in [0.5, 0.6) is 0 Å². The molecule has 0 atom stereocenters. The third-order valence-electron chi connectivity index (χ3n) is 4.23. The number of amides is 2. The van der Waals surface area contributed by atoms with Crippen molar-refractivity contribution in [3.05, 3.63) is 59.1 Å². The van der Waals surface area contributed by atoms with Crippen LogP contribution < -0.4 is 10.2 Å². The van der Waals surface area contributed by atoms with E-state index in [1.807, 2.05) is 18.2 Å². The summed E-state index contributed by atoms with van der Waals surface area (Å²) in [5.74, 6) is -0.202. The van der Waals surface area contributed by atoms with Crippen LogP contribution in [0.2, 0.25) is 5.02 Å². The van der Waals surface area contributed by atoms with Gasteiger partial charge >= 0.3 is 0 Å². The van der Waals surface area contributed by atoms with Crippen molar-refractivity contribution in [2.75, 3.05) is 16.8 Å². The van der Waals surface area contributed by atoms with Crippen molar-refractivity contribution in [2.24, 2.45) is 0 Å². The number of halogens is 1. The zero-order valence-corrected chi connectivity index (χ0v) is 15.8. The summed E-state index contributed by atoms with van der Waals surface area (Å²) >= 11 is 7.18. The Morgan fingerprint density at radius 2 is 1.96 bits per heavy atom. The van der Waals surface area contributed by atoms with Crippen molar-refractivity contribution < 1.29 is 9.59 Å². The lowest BCUT2D eigenvalue weighted by molar-refractivity contribution is -0.117. The predicted octanol–water partition coefficient (Wildman–Crippen LogP) is 4.24. The molecule has 3 aromatic rings. The molecule has 0 spiro atoms. The van der Waals surface area contributed by atoms with E-state index in [0.717, 1.165) is 17.7 Å². The molecule has 2 heterocycles. The molecule has 1 saturated heterocycles. The smallest absolute Gasteiger partial charge is 0.257 e. The second-order valence-corrected chi connectivity index (χ2v) is 7.49. The molecule has 8 heteroatoms. The van der Waals surface area contributed by atoms with Gasteiger partial charge in [-0.05, 0) is 36.8 Å². The molecule has 2 aromatic carbocycles. The van der Waals surface area contributed by atoms with Gasteiger partial charge in [-0.1, -0.05) is 41.1 Å². The zero-order chi connectivity index (χ0) is 18.8. The van der Waals surface area contributed by atoms with E-state index in [0.29, 0.717) is 33.7 Å². The number of benzene rings is 2. The Hall–Kier alpha value is -2.77. The lowest BCUT2D eigenvalue weighted by Crippen LogP contribution is -2.24. The van der Waals surface area contributed by atoms with Crippen LogP contribution >= 0.6 is 22.9 Å². The van der Waals surface area contributed by atoms with E-state index in [4.69, 9.17) is 11.6 Å². The van der Waals surface area contributed by atoms with Crippen LogP contribution in [0.1, 0.15) is 23.2 Å². The van der Waals surface area contributed by atoms with Crippen molar-refractivity contribution in [2.45, 2.75) is 12.8 Å². The minimum atomic E-state index is -0.290. The number of nitrogens with one attached hydrogen (secondary N) is 1. The molecule has 1 aliphatic rings. The first-order valence-electron chi connectivity index (χ1n) is 8.41. The molecule has 1 aromatic heterocycles. The highest BCUT2D eigenvalue weighted by molar-refractivity contribution is 7.18. The van der Waals surface area contributed by atoms with Crippen LogP contribution in [0.3, 0.4) is 0 Å². The van der Waals surface area contributed by atoms with E-state index >= 15 is 0 Å². The highest BCUT2D eigenvalue weighted by Gasteiger charge is 2.22. The molecule has 0 bridgehead atoms. The first-order chi connectivity index (χ1) is 13.1. The molecule has 1 N–H and O–H groups in total. The van der Waals surface area contributed by atoms with Crippen molar-refractivity contribution in [3.63, 3.8) is 0 Å². The van der Waals surface area contributed by atoms with Crippen molar-refractivity contribution in [3.8, 4) is 10.6 Å². The number of hydrogen-bond acceptors (Lipinski definition) is 5. The lowest BCUT2D eigenvalue weighted by Gasteiger charge is -2.16. The van der Waals surface area contributed by atoms with Gasteiger partial charge < -0.3 is 4.90 Å². The highest BCUT2D eigenvalue weighted by atomic mass is 35.5. The fourth-order valence-corrected chi connectivity index (χ4v) is 3.76. The summed E-state index contributed by atoms with van der Waals surface area (Å²) < 4.78 is 0. The normalized spacial score (nSPS) is 13.8. The van der Waals surface area contributed by atoms with Gasteiger partial charge in [0.05, 0.1) is 0 Å². The van der Waals surface area contributed by atoms with Gasteiger partial charge in [-0.3, -0.25) is 14.9 Å². The van der Waals surface area contributed by atoms with E-state index in [1.54, 1.807) is 35.2 Å². The van der Waals surface area contributed by atoms with Gasteiger partial charge in [0.2, 0.25) is 11.0 Å². The summed E-state index contributed by atoms with van der Waals surface area (Å²) in [6.45, 7) is 0.685. The van der Waals surface area contributed by atoms with Gasteiger partial charge in [0.1, 0.15) is 5.01 Å². The van der Waals surface area contributed by atoms with Crippen LogP contribution in [-0.4, -0.2) is 28.6 Å².